The second-order valence-corrected chi connectivity index (χ2v) is 8.00. The number of carbonyl (C=O) groups is 1. The maximum Gasteiger partial charge on any atom is 0.428 e. The van der Waals surface area contributed by atoms with E-state index in [0.717, 1.165) is 5.01 Å². The van der Waals surface area contributed by atoms with Gasteiger partial charge in [-0.1, -0.05) is 19.9 Å². The Balaban J connectivity index is 2.79. The summed E-state index contributed by atoms with van der Waals surface area (Å²) in [7, 11) is -3.89. The zero-order valence-corrected chi connectivity index (χ0v) is 16.1. The van der Waals surface area contributed by atoms with E-state index in [9.17, 15) is 18.3 Å². The maximum absolute atomic E-state index is 13.2. The highest BCUT2D eigenvalue weighted by Gasteiger charge is 2.32. The minimum absolute atomic E-state index is 0.0556. The van der Waals surface area contributed by atoms with Gasteiger partial charge in [0.15, 0.2) is 0 Å². The van der Waals surface area contributed by atoms with Gasteiger partial charge in [-0.25, -0.2) is 13.2 Å². The fourth-order valence-electron chi connectivity index (χ4n) is 2.82. The van der Waals surface area contributed by atoms with Gasteiger partial charge in [-0.2, -0.15) is 14.9 Å². The van der Waals surface area contributed by atoms with Crippen LogP contribution in [0.5, 0.6) is 0 Å². The van der Waals surface area contributed by atoms with E-state index in [4.69, 9.17) is 5.73 Å². The molecule has 0 aliphatic heterocycles. The first-order valence-corrected chi connectivity index (χ1v) is 9.87. The standard InChI is InChI=1S/C17H24N4O4S/c1-5-14-16(26(24,25)13-9-7-8-12(18)10-13)15(6-2)21(19-14)20(11(3)4)17(22)23/h7-11H,5-6,18H2,1-4H3,(H,22,23). The topological polar surface area (TPSA) is 119 Å². The van der Waals surface area contributed by atoms with Crippen LogP contribution in [0, 0.1) is 0 Å². The van der Waals surface area contributed by atoms with Crippen LogP contribution in [0.3, 0.4) is 0 Å². The third kappa shape index (κ3) is 3.39. The molecule has 1 heterocycles. The van der Waals surface area contributed by atoms with Crippen LogP contribution in [0.2, 0.25) is 0 Å². The summed E-state index contributed by atoms with van der Waals surface area (Å²) in [6.07, 6.45) is -0.546. The highest BCUT2D eigenvalue weighted by Crippen LogP contribution is 2.29. The van der Waals surface area contributed by atoms with Crippen molar-refractivity contribution in [2.75, 3.05) is 10.7 Å². The fourth-order valence-corrected chi connectivity index (χ4v) is 4.64. The maximum atomic E-state index is 13.2. The van der Waals surface area contributed by atoms with Gasteiger partial charge in [0.2, 0.25) is 9.84 Å². The minimum atomic E-state index is -3.89. The molecular weight excluding hydrogens is 356 g/mol. The van der Waals surface area contributed by atoms with E-state index in [1.165, 1.54) is 16.9 Å². The molecule has 0 radical (unpaired) electrons. The van der Waals surface area contributed by atoms with E-state index in [2.05, 4.69) is 5.10 Å². The summed E-state index contributed by atoms with van der Waals surface area (Å²) in [5.74, 6) is 0. The molecule has 0 fully saturated rings. The summed E-state index contributed by atoms with van der Waals surface area (Å²) in [5.41, 5.74) is 6.74. The molecule has 1 aromatic carbocycles. The predicted octanol–water partition coefficient (Wildman–Crippen LogP) is 2.45. The van der Waals surface area contributed by atoms with E-state index in [-0.39, 0.29) is 9.79 Å². The van der Waals surface area contributed by atoms with Crippen LogP contribution in [0.1, 0.15) is 39.1 Å². The number of carboxylic acid groups (broad SMARTS) is 1. The van der Waals surface area contributed by atoms with Gasteiger partial charge in [0.1, 0.15) is 4.90 Å². The van der Waals surface area contributed by atoms with Crippen molar-refractivity contribution in [2.45, 2.75) is 56.4 Å². The number of aryl methyl sites for hydroxylation is 1. The van der Waals surface area contributed by atoms with E-state index in [1.807, 2.05) is 0 Å². The molecule has 26 heavy (non-hydrogen) atoms. The van der Waals surface area contributed by atoms with Gasteiger partial charge < -0.3 is 10.8 Å². The number of sulfone groups is 1. The molecule has 0 aliphatic carbocycles. The Morgan fingerprint density at radius 3 is 2.42 bits per heavy atom. The molecule has 0 aliphatic rings. The summed E-state index contributed by atoms with van der Waals surface area (Å²) in [5, 5.41) is 14.9. The third-order valence-electron chi connectivity index (χ3n) is 3.98. The van der Waals surface area contributed by atoms with E-state index in [0.29, 0.717) is 29.9 Å². The fraction of sp³-hybridized carbons (Fsp3) is 0.412. The number of hydrogen-bond acceptors (Lipinski definition) is 5. The van der Waals surface area contributed by atoms with Crippen molar-refractivity contribution in [3.8, 4) is 0 Å². The van der Waals surface area contributed by atoms with Gasteiger partial charge in [-0.3, -0.25) is 0 Å². The molecule has 8 nitrogen and oxygen atoms in total. The molecule has 0 saturated carbocycles. The minimum Gasteiger partial charge on any atom is -0.464 e. The molecule has 1 aromatic heterocycles. The predicted molar refractivity (Wildman–Crippen MR) is 98.7 cm³/mol. The number of amides is 1. The molecule has 0 saturated heterocycles. The quantitative estimate of drug-likeness (QED) is 0.743. The Morgan fingerprint density at radius 1 is 1.31 bits per heavy atom. The Bertz CT molecular complexity index is 919. The number of anilines is 1. The van der Waals surface area contributed by atoms with Crippen molar-refractivity contribution in [3.63, 3.8) is 0 Å². The molecule has 2 rings (SSSR count). The first-order chi connectivity index (χ1) is 12.1. The van der Waals surface area contributed by atoms with Crippen LogP contribution in [-0.4, -0.2) is 35.5 Å². The first kappa shape index (κ1) is 19.8. The van der Waals surface area contributed by atoms with E-state index < -0.39 is 22.0 Å². The Hall–Kier alpha value is -2.55. The monoisotopic (exact) mass is 380 g/mol. The van der Waals surface area contributed by atoms with Crippen molar-refractivity contribution >= 4 is 21.6 Å². The number of nitrogens with two attached hydrogens (primary N) is 1. The molecule has 9 heteroatoms. The molecule has 1 amide bonds. The van der Waals surface area contributed by atoms with E-state index >= 15 is 0 Å². The average molecular weight is 380 g/mol. The number of aromatic nitrogens is 2. The molecular formula is C17H24N4O4S. The van der Waals surface area contributed by atoms with Gasteiger partial charge in [0.25, 0.3) is 0 Å². The Kier molecular flexibility index (Phi) is 5.60. The van der Waals surface area contributed by atoms with Crippen molar-refractivity contribution in [1.29, 1.82) is 0 Å². The van der Waals surface area contributed by atoms with Gasteiger partial charge in [0, 0.05) is 5.69 Å². The highest BCUT2D eigenvalue weighted by atomic mass is 32.2. The Morgan fingerprint density at radius 2 is 1.96 bits per heavy atom. The number of benzene rings is 1. The molecule has 0 spiro atoms. The van der Waals surface area contributed by atoms with Crippen LogP contribution in [0.15, 0.2) is 34.1 Å². The largest absolute Gasteiger partial charge is 0.464 e. The molecule has 0 atom stereocenters. The summed E-state index contributed by atoms with van der Waals surface area (Å²) in [4.78, 5) is 13.0. The highest BCUT2D eigenvalue weighted by molar-refractivity contribution is 7.91. The third-order valence-corrected chi connectivity index (χ3v) is 5.86. The average Bonchev–Trinajstić information content (AvgIpc) is 2.93. The van der Waals surface area contributed by atoms with Crippen molar-refractivity contribution in [1.82, 2.24) is 9.89 Å². The lowest BCUT2D eigenvalue weighted by Crippen LogP contribution is -2.46. The first-order valence-electron chi connectivity index (χ1n) is 8.38. The summed E-state index contributed by atoms with van der Waals surface area (Å²) >= 11 is 0. The van der Waals surface area contributed by atoms with Crippen LogP contribution in [0.25, 0.3) is 0 Å². The van der Waals surface area contributed by atoms with Crippen LogP contribution < -0.4 is 10.7 Å². The number of nitrogen functional groups attached to an aromatic ring is 1. The SMILES string of the molecule is CCc1nn(N(C(=O)O)C(C)C)c(CC)c1S(=O)(=O)c1cccc(N)c1. The van der Waals surface area contributed by atoms with Crippen LogP contribution in [-0.2, 0) is 22.7 Å². The van der Waals surface area contributed by atoms with Crippen LogP contribution >= 0.6 is 0 Å². The normalized spacial score (nSPS) is 11.7. The number of rotatable bonds is 6. The molecule has 0 bridgehead atoms. The number of hydrogen-bond donors (Lipinski definition) is 2. The summed E-state index contributed by atoms with van der Waals surface area (Å²) < 4.78 is 26.5. The van der Waals surface area contributed by atoms with Crippen molar-refractivity contribution < 1.29 is 18.3 Å². The van der Waals surface area contributed by atoms with Crippen molar-refractivity contribution in [3.05, 3.63) is 35.7 Å². The van der Waals surface area contributed by atoms with Gasteiger partial charge in [-0.15, -0.1) is 0 Å². The lowest BCUT2D eigenvalue weighted by Gasteiger charge is -2.24. The summed E-state index contributed by atoms with van der Waals surface area (Å²) in [6, 6.07) is 5.63. The summed E-state index contributed by atoms with van der Waals surface area (Å²) in [6.45, 7) is 6.95. The van der Waals surface area contributed by atoms with Crippen LogP contribution in [0.4, 0.5) is 10.5 Å². The van der Waals surface area contributed by atoms with Gasteiger partial charge in [-0.05, 0) is 44.9 Å². The number of nitrogens with zero attached hydrogens (tertiary/aromatic N) is 3. The lowest BCUT2D eigenvalue weighted by atomic mass is 10.2. The second kappa shape index (κ2) is 7.36. The zero-order valence-electron chi connectivity index (χ0n) is 15.3. The van der Waals surface area contributed by atoms with Gasteiger partial charge >= 0.3 is 6.09 Å². The molecule has 142 valence electrons. The van der Waals surface area contributed by atoms with E-state index in [1.54, 1.807) is 39.8 Å². The molecule has 2 aromatic rings. The molecule has 0 unspecified atom stereocenters. The zero-order chi connectivity index (χ0) is 19.6. The Labute approximate surface area is 153 Å². The lowest BCUT2D eigenvalue weighted by molar-refractivity contribution is 0.189. The second-order valence-electron chi connectivity index (χ2n) is 6.12. The van der Waals surface area contributed by atoms with Gasteiger partial charge in [0.05, 0.1) is 22.3 Å². The smallest absolute Gasteiger partial charge is 0.428 e. The molecule has 3 N–H and O–H groups in total. The van der Waals surface area contributed by atoms with Crippen molar-refractivity contribution in [2.24, 2.45) is 0 Å².